The van der Waals surface area contributed by atoms with Crippen molar-refractivity contribution in [3.8, 4) is 39.5 Å². The second-order valence-electron chi connectivity index (χ2n) is 9.68. The molecule has 5 rings (SSSR count). The van der Waals surface area contributed by atoms with Crippen molar-refractivity contribution in [2.75, 3.05) is 46.5 Å². The molecule has 200 valence electrons. The van der Waals surface area contributed by atoms with E-state index < -0.39 is 0 Å². The molecule has 0 aromatic heterocycles. The zero-order valence-corrected chi connectivity index (χ0v) is 22.4. The minimum Gasteiger partial charge on any atom is -0.496 e. The Morgan fingerprint density at radius 2 is 1.71 bits per heavy atom. The monoisotopic (exact) mass is 535 g/mol. The van der Waals surface area contributed by atoms with Gasteiger partial charge in [-0.2, -0.15) is 0 Å². The van der Waals surface area contributed by atoms with Crippen molar-refractivity contribution in [2.45, 2.75) is 19.4 Å². The van der Waals surface area contributed by atoms with Gasteiger partial charge in [-0.25, -0.2) is 0 Å². The van der Waals surface area contributed by atoms with E-state index in [-0.39, 0.29) is 11.8 Å². The zero-order chi connectivity index (χ0) is 26.5. The quantitative estimate of drug-likeness (QED) is 0.433. The van der Waals surface area contributed by atoms with Crippen LogP contribution >= 0.6 is 11.6 Å². The summed E-state index contributed by atoms with van der Waals surface area (Å²) in [7, 11) is 1.70. The topological polar surface area (TPSA) is 86.0 Å². The predicted molar refractivity (Wildman–Crippen MR) is 150 cm³/mol. The van der Waals surface area contributed by atoms with Crippen LogP contribution in [0.15, 0.2) is 54.6 Å². The molecule has 0 spiro atoms. The molecule has 3 aromatic carbocycles. The van der Waals surface area contributed by atoms with Crippen LogP contribution in [0.5, 0.6) is 17.2 Å². The van der Waals surface area contributed by atoms with Gasteiger partial charge in [0, 0.05) is 42.2 Å². The van der Waals surface area contributed by atoms with Crippen molar-refractivity contribution in [2.24, 2.45) is 11.7 Å². The Kier molecular flexibility index (Phi) is 8.37. The molecule has 0 atom stereocenters. The second-order valence-corrected chi connectivity index (χ2v) is 10.1. The fourth-order valence-corrected chi connectivity index (χ4v) is 5.51. The van der Waals surface area contributed by atoms with Crippen LogP contribution in [0.1, 0.15) is 18.4 Å². The van der Waals surface area contributed by atoms with Gasteiger partial charge in [-0.1, -0.05) is 48.0 Å². The SMILES string of the molecule is COc1cc(-c2cccc(-c3ccc4c(c3)OCCO4)c2Cl)ccc1CN1CCC(C(=O)NCCN)CC1. The molecule has 2 aliphatic rings. The standard InChI is InChI=1S/C30H34ClN3O4/c1-36-27-17-21(5-6-23(27)19-34-13-9-20(10-14-34)30(35)33-12-11-32)24-3-2-4-25(29(24)31)22-7-8-26-28(18-22)38-16-15-37-26/h2-8,17-18,20H,9-16,19,32H2,1H3,(H,33,35). The van der Waals surface area contributed by atoms with E-state index in [2.05, 4.69) is 28.4 Å². The number of halogens is 1. The van der Waals surface area contributed by atoms with Crippen molar-refractivity contribution in [3.63, 3.8) is 0 Å². The fourth-order valence-electron chi connectivity index (χ4n) is 5.17. The number of fused-ring (bicyclic) bond motifs is 1. The first-order valence-corrected chi connectivity index (χ1v) is 13.5. The molecule has 7 nitrogen and oxygen atoms in total. The molecule has 3 N–H and O–H groups in total. The Hall–Kier alpha value is -3.26. The number of piperidine rings is 1. The van der Waals surface area contributed by atoms with Gasteiger partial charge in [-0.15, -0.1) is 0 Å². The van der Waals surface area contributed by atoms with Gasteiger partial charge in [-0.3, -0.25) is 9.69 Å². The molecule has 0 unspecified atom stereocenters. The lowest BCUT2D eigenvalue weighted by atomic mass is 9.95. The summed E-state index contributed by atoms with van der Waals surface area (Å²) < 4.78 is 17.2. The number of carbonyl (C=O) groups excluding carboxylic acids is 1. The predicted octanol–water partition coefficient (Wildman–Crippen LogP) is 4.74. The van der Waals surface area contributed by atoms with Gasteiger partial charge in [0.15, 0.2) is 11.5 Å². The summed E-state index contributed by atoms with van der Waals surface area (Å²) in [6, 6.07) is 18.2. The summed E-state index contributed by atoms with van der Waals surface area (Å²) >= 11 is 6.96. The number of benzene rings is 3. The molecule has 1 saturated heterocycles. The maximum absolute atomic E-state index is 12.3. The molecule has 1 amide bonds. The van der Waals surface area contributed by atoms with Gasteiger partial charge in [-0.05, 0) is 55.3 Å². The molecule has 2 aliphatic heterocycles. The number of methoxy groups -OCH3 is 1. The Morgan fingerprint density at radius 3 is 2.42 bits per heavy atom. The first kappa shape index (κ1) is 26.4. The minimum absolute atomic E-state index is 0.0608. The average molecular weight is 536 g/mol. The van der Waals surface area contributed by atoms with Crippen molar-refractivity contribution >= 4 is 17.5 Å². The van der Waals surface area contributed by atoms with E-state index in [1.807, 2.05) is 36.4 Å². The molecule has 3 aromatic rings. The van der Waals surface area contributed by atoms with Crippen molar-refractivity contribution in [3.05, 3.63) is 65.2 Å². The van der Waals surface area contributed by atoms with Crippen LogP contribution < -0.4 is 25.3 Å². The summed E-state index contributed by atoms with van der Waals surface area (Å²) in [6.45, 7) is 4.61. The third-order valence-electron chi connectivity index (χ3n) is 7.25. The molecule has 8 heteroatoms. The largest absolute Gasteiger partial charge is 0.496 e. The third-order valence-corrected chi connectivity index (χ3v) is 7.65. The maximum atomic E-state index is 12.3. The number of nitrogens with zero attached hydrogens (tertiary/aromatic N) is 1. The van der Waals surface area contributed by atoms with Gasteiger partial charge >= 0.3 is 0 Å². The van der Waals surface area contributed by atoms with Gasteiger partial charge in [0.1, 0.15) is 19.0 Å². The van der Waals surface area contributed by atoms with Gasteiger partial charge in [0.25, 0.3) is 0 Å². The number of rotatable bonds is 8. The number of nitrogens with one attached hydrogen (secondary N) is 1. The summed E-state index contributed by atoms with van der Waals surface area (Å²) in [4.78, 5) is 14.6. The molecular formula is C30H34ClN3O4. The third kappa shape index (κ3) is 5.75. The number of carbonyl (C=O) groups is 1. The Bertz CT molecular complexity index is 1290. The van der Waals surface area contributed by atoms with Crippen LogP contribution in [0.3, 0.4) is 0 Å². The smallest absolute Gasteiger partial charge is 0.223 e. The highest BCUT2D eigenvalue weighted by Gasteiger charge is 2.25. The second kappa shape index (κ2) is 12.1. The van der Waals surface area contributed by atoms with Gasteiger partial charge in [0.2, 0.25) is 5.91 Å². The molecule has 0 radical (unpaired) electrons. The lowest BCUT2D eigenvalue weighted by Gasteiger charge is -2.31. The van der Waals surface area contributed by atoms with Crippen LogP contribution in [0.25, 0.3) is 22.3 Å². The van der Waals surface area contributed by atoms with E-state index in [9.17, 15) is 4.79 Å². The number of amides is 1. The molecule has 2 heterocycles. The van der Waals surface area contributed by atoms with Crippen molar-refractivity contribution in [1.82, 2.24) is 10.2 Å². The lowest BCUT2D eigenvalue weighted by Crippen LogP contribution is -2.41. The zero-order valence-electron chi connectivity index (χ0n) is 21.7. The normalized spacial score (nSPS) is 15.8. The summed E-state index contributed by atoms with van der Waals surface area (Å²) in [5.74, 6) is 2.50. The highest BCUT2D eigenvalue weighted by molar-refractivity contribution is 6.36. The number of ether oxygens (including phenoxy) is 3. The highest BCUT2D eigenvalue weighted by Crippen LogP contribution is 2.41. The van der Waals surface area contributed by atoms with Crippen LogP contribution in [0.2, 0.25) is 5.02 Å². The molecular weight excluding hydrogens is 502 g/mol. The highest BCUT2D eigenvalue weighted by atomic mass is 35.5. The molecule has 0 saturated carbocycles. The van der Waals surface area contributed by atoms with Crippen LogP contribution in [0, 0.1) is 5.92 Å². The Morgan fingerprint density at radius 1 is 1.03 bits per heavy atom. The Labute approximate surface area is 228 Å². The maximum Gasteiger partial charge on any atom is 0.223 e. The summed E-state index contributed by atoms with van der Waals surface area (Å²) in [6.07, 6.45) is 1.69. The lowest BCUT2D eigenvalue weighted by molar-refractivity contribution is -0.126. The van der Waals surface area contributed by atoms with E-state index in [1.54, 1.807) is 7.11 Å². The minimum atomic E-state index is 0.0608. The van der Waals surface area contributed by atoms with E-state index in [1.165, 1.54) is 0 Å². The molecule has 0 bridgehead atoms. The van der Waals surface area contributed by atoms with Gasteiger partial charge in [0.05, 0.1) is 12.1 Å². The van der Waals surface area contributed by atoms with E-state index >= 15 is 0 Å². The summed E-state index contributed by atoms with van der Waals surface area (Å²) in [5, 5.41) is 3.59. The average Bonchev–Trinajstić information content (AvgIpc) is 2.96. The molecule has 0 aliphatic carbocycles. The number of hydrogen-bond acceptors (Lipinski definition) is 6. The Balaban J connectivity index is 1.31. The van der Waals surface area contributed by atoms with E-state index in [4.69, 9.17) is 31.5 Å². The number of likely N-dealkylation sites (tertiary alicyclic amines) is 1. The van der Waals surface area contributed by atoms with E-state index in [0.717, 1.165) is 77.5 Å². The molecule has 1 fully saturated rings. The first-order valence-electron chi connectivity index (χ1n) is 13.1. The van der Waals surface area contributed by atoms with E-state index in [0.29, 0.717) is 31.3 Å². The fraction of sp³-hybridized carbons (Fsp3) is 0.367. The first-order chi connectivity index (χ1) is 18.6. The van der Waals surface area contributed by atoms with Gasteiger partial charge < -0.3 is 25.3 Å². The number of nitrogens with two attached hydrogens (primary N) is 1. The van der Waals surface area contributed by atoms with Crippen molar-refractivity contribution < 1.29 is 19.0 Å². The number of hydrogen-bond donors (Lipinski definition) is 2. The van der Waals surface area contributed by atoms with Crippen LogP contribution in [-0.2, 0) is 11.3 Å². The molecule has 38 heavy (non-hydrogen) atoms. The summed E-state index contributed by atoms with van der Waals surface area (Å²) in [5.41, 5.74) is 10.5. The van der Waals surface area contributed by atoms with Crippen LogP contribution in [-0.4, -0.2) is 57.3 Å². The van der Waals surface area contributed by atoms with Crippen molar-refractivity contribution in [1.29, 1.82) is 0 Å². The van der Waals surface area contributed by atoms with Crippen LogP contribution in [0.4, 0.5) is 0 Å².